The van der Waals surface area contributed by atoms with E-state index in [0.29, 0.717) is 25.2 Å². The molecule has 0 saturated carbocycles. The molecule has 110 valence electrons. The second-order valence-corrected chi connectivity index (χ2v) is 4.31. The summed E-state index contributed by atoms with van der Waals surface area (Å²) in [6.07, 6.45) is 0.431. The van der Waals surface area contributed by atoms with Gasteiger partial charge in [0.1, 0.15) is 5.69 Å². The number of nitrogens with one attached hydrogen (secondary N) is 1. The molecule has 0 saturated heterocycles. The van der Waals surface area contributed by atoms with Crippen LogP contribution in [0.4, 0.5) is 0 Å². The van der Waals surface area contributed by atoms with Crippen molar-refractivity contribution >= 4 is 11.9 Å². The number of nitrogens with zero attached hydrogens (tertiary/aromatic N) is 2. The van der Waals surface area contributed by atoms with Crippen LogP contribution in [0.3, 0.4) is 0 Å². The maximum Gasteiger partial charge on any atom is 0.354 e. The molecule has 1 rings (SSSR count). The van der Waals surface area contributed by atoms with Gasteiger partial charge in [0, 0.05) is 32.6 Å². The second-order valence-electron chi connectivity index (χ2n) is 4.31. The zero-order valence-electron chi connectivity index (χ0n) is 11.9. The molecule has 6 nitrogen and oxygen atoms in total. The van der Waals surface area contributed by atoms with Crippen LogP contribution in [-0.2, 0) is 11.3 Å². The molecule has 1 amide bonds. The summed E-state index contributed by atoms with van der Waals surface area (Å²) in [5.74, 6) is -0.918. The Balaban J connectivity index is 2.36. The maximum atomic E-state index is 11.8. The average molecular weight is 279 g/mol. The van der Waals surface area contributed by atoms with E-state index < -0.39 is 5.97 Å². The van der Waals surface area contributed by atoms with E-state index >= 15 is 0 Å². The number of hydrogen-bond donors (Lipinski definition) is 2. The number of hydrogen-bond acceptors (Lipinski definition) is 4. The van der Waals surface area contributed by atoms with E-state index in [1.165, 1.54) is 6.07 Å². The summed E-state index contributed by atoms with van der Waals surface area (Å²) >= 11 is 0. The van der Waals surface area contributed by atoms with Crippen LogP contribution in [0, 0.1) is 0 Å². The Morgan fingerprint density at radius 2 is 2.00 bits per heavy atom. The zero-order chi connectivity index (χ0) is 15.0. The molecule has 0 atom stereocenters. The van der Waals surface area contributed by atoms with Crippen molar-refractivity contribution in [2.75, 3.05) is 19.6 Å². The second kappa shape index (κ2) is 8.27. The highest BCUT2D eigenvalue weighted by Crippen LogP contribution is 1.99. The summed E-state index contributed by atoms with van der Waals surface area (Å²) in [4.78, 5) is 28.3. The molecule has 0 aliphatic heterocycles. The van der Waals surface area contributed by atoms with Crippen molar-refractivity contribution in [1.29, 1.82) is 0 Å². The standard InChI is InChI=1S/C14H21N3O3/c1-3-17(4-2)13(18)8-9-15-10-11-6-5-7-12(16-11)14(19)20/h5-7,15H,3-4,8-10H2,1-2H3,(H,19,20). The Kier molecular flexibility index (Phi) is 6.66. The number of carboxylic acids is 1. The molecule has 0 unspecified atom stereocenters. The fourth-order valence-electron chi connectivity index (χ4n) is 1.84. The Morgan fingerprint density at radius 3 is 2.60 bits per heavy atom. The normalized spacial score (nSPS) is 10.3. The molecule has 0 bridgehead atoms. The highest BCUT2D eigenvalue weighted by molar-refractivity contribution is 5.85. The van der Waals surface area contributed by atoms with E-state index in [9.17, 15) is 9.59 Å². The number of carbonyl (C=O) groups excluding carboxylic acids is 1. The number of carbonyl (C=O) groups is 2. The van der Waals surface area contributed by atoms with Crippen molar-refractivity contribution < 1.29 is 14.7 Å². The first kappa shape index (κ1) is 16.1. The quantitative estimate of drug-likeness (QED) is 0.697. The van der Waals surface area contributed by atoms with E-state index in [0.717, 1.165) is 13.1 Å². The summed E-state index contributed by atoms with van der Waals surface area (Å²) in [5, 5.41) is 11.9. The lowest BCUT2D eigenvalue weighted by atomic mass is 10.3. The van der Waals surface area contributed by atoms with Crippen LogP contribution in [-0.4, -0.2) is 46.5 Å². The maximum absolute atomic E-state index is 11.8. The van der Waals surface area contributed by atoms with E-state index in [2.05, 4.69) is 10.3 Å². The van der Waals surface area contributed by atoms with E-state index in [-0.39, 0.29) is 11.6 Å². The topological polar surface area (TPSA) is 82.5 Å². The van der Waals surface area contributed by atoms with Crippen LogP contribution in [0.1, 0.15) is 36.5 Å². The highest BCUT2D eigenvalue weighted by Gasteiger charge is 2.09. The van der Waals surface area contributed by atoms with Gasteiger partial charge in [0.25, 0.3) is 0 Å². The Bertz CT molecular complexity index is 459. The minimum atomic E-state index is -1.04. The van der Waals surface area contributed by atoms with Crippen molar-refractivity contribution in [3.8, 4) is 0 Å². The van der Waals surface area contributed by atoms with Crippen molar-refractivity contribution in [1.82, 2.24) is 15.2 Å². The SMILES string of the molecule is CCN(CC)C(=O)CCNCc1cccc(C(=O)O)n1. The molecule has 1 heterocycles. The van der Waals surface area contributed by atoms with E-state index in [1.807, 2.05) is 13.8 Å². The summed E-state index contributed by atoms with van der Waals surface area (Å²) in [6, 6.07) is 4.87. The number of pyridine rings is 1. The summed E-state index contributed by atoms with van der Waals surface area (Å²) in [6.45, 7) is 6.35. The van der Waals surface area contributed by atoms with Gasteiger partial charge in [-0.1, -0.05) is 6.07 Å². The molecule has 1 aromatic heterocycles. The molecule has 2 N–H and O–H groups in total. The Morgan fingerprint density at radius 1 is 1.30 bits per heavy atom. The van der Waals surface area contributed by atoms with Gasteiger partial charge < -0.3 is 15.3 Å². The lowest BCUT2D eigenvalue weighted by molar-refractivity contribution is -0.130. The predicted molar refractivity (Wildman–Crippen MR) is 75.4 cm³/mol. The van der Waals surface area contributed by atoms with Crippen LogP contribution < -0.4 is 5.32 Å². The van der Waals surface area contributed by atoms with Gasteiger partial charge in [-0.05, 0) is 26.0 Å². The molecule has 20 heavy (non-hydrogen) atoms. The number of aromatic carboxylic acids is 1. The van der Waals surface area contributed by atoms with Crippen LogP contribution >= 0.6 is 0 Å². The number of rotatable bonds is 8. The van der Waals surface area contributed by atoms with Crippen molar-refractivity contribution in [2.24, 2.45) is 0 Å². The van der Waals surface area contributed by atoms with Crippen LogP contribution in [0.5, 0.6) is 0 Å². The third-order valence-electron chi connectivity index (χ3n) is 2.96. The lowest BCUT2D eigenvalue weighted by Crippen LogP contribution is -2.32. The van der Waals surface area contributed by atoms with Gasteiger partial charge >= 0.3 is 5.97 Å². The zero-order valence-corrected chi connectivity index (χ0v) is 11.9. The largest absolute Gasteiger partial charge is 0.477 e. The van der Waals surface area contributed by atoms with Crippen molar-refractivity contribution in [3.05, 3.63) is 29.6 Å². The third-order valence-corrected chi connectivity index (χ3v) is 2.96. The Hall–Kier alpha value is -1.95. The third kappa shape index (κ3) is 4.97. The van der Waals surface area contributed by atoms with Gasteiger partial charge in [0.2, 0.25) is 5.91 Å². The molecular weight excluding hydrogens is 258 g/mol. The van der Waals surface area contributed by atoms with Crippen LogP contribution in [0.15, 0.2) is 18.2 Å². The molecule has 0 spiro atoms. The van der Waals surface area contributed by atoms with E-state index in [1.54, 1.807) is 17.0 Å². The first-order chi connectivity index (χ1) is 9.58. The molecule has 0 aliphatic rings. The van der Waals surface area contributed by atoms with Gasteiger partial charge in [0.15, 0.2) is 0 Å². The Labute approximate surface area is 118 Å². The highest BCUT2D eigenvalue weighted by atomic mass is 16.4. The summed E-state index contributed by atoms with van der Waals surface area (Å²) in [5.41, 5.74) is 0.684. The predicted octanol–water partition coefficient (Wildman–Crippen LogP) is 1.13. The first-order valence-electron chi connectivity index (χ1n) is 6.76. The van der Waals surface area contributed by atoms with Gasteiger partial charge in [0.05, 0.1) is 5.69 Å². The molecule has 6 heteroatoms. The number of aromatic nitrogens is 1. The molecular formula is C14H21N3O3. The molecule has 1 aromatic rings. The van der Waals surface area contributed by atoms with Crippen molar-refractivity contribution in [3.63, 3.8) is 0 Å². The molecule has 0 radical (unpaired) electrons. The minimum absolute atomic E-state index is 0.0310. The minimum Gasteiger partial charge on any atom is -0.477 e. The van der Waals surface area contributed by atoms with Gasteiger partial charge in [-0.15, -0.1) is 0 Å². The van der Waals surface area contributed by atoms with Gasteiger partial charge in [-0.2, -0.15) is 0 Å². The van der Waals surface area contributed by atoms with Gasteiger partial charge in [-0.25, -0.2) is 9.78 Å². The lowest BCUT2D eigenvalue weighted by Gasteiger charge is -2.18. The van der Waals surface area contributed by atoms with E-state index in [4.69, 9.17) is 5.11 Å². The molecule has 0 aliphatic carbocycles. The number of amides is 1. The fraction of sp³-hybridized carbons (Fsp3) is 0.500. The van der Waals surface area contributed by atoms with Gasteiger partial charge in [-0.3, -0.25) is 4.79 Å². The first-order valence-corrected chi connectivity index (χ1v) is 6.76. The smallest absolute Gasteiger partial charge is 0.354 e. The average Bonchev–Trinajstić information content (AvgIpc) is 2.45. The van der Waals surface area contributed by atoms with Crippen LogP contribution in [0.2, 0.25) is 0 Å². The summed E-state index contributed by atoms with van der Waals surface area (Å²) < 4.78 is 0. The molecule has 0 aromatic carbocycles. The van der Waals surface area contributed by atoms with Crippen molar-refractivity contribution in [2.45, 2.75) is 26.8 Å². The fourth-order valence-corrected chi connectivity index (χ4v) is 1.84. The number of carboxylic acid groups (broad SMARTS) is 1. The monoisotopic (exact) mass is 279 g/mol. The molecule has 0 fully saturated rings. The summed E-state index contributed by atoms with van der Waals surface area (Å²) in [7, 11) is 0. The van der Waals surface area contributed by atoms with Crippen LogP contribution in [0.25, 0.3) is 0 Å².